The molecule has 3 rings (SSSR count). The number of carbonyl (C=O) groups excluding carboxylic acids is 2. The SMILES string of the molecule is COc1cc(CCc2ccc(O)c(O)c2)cc(C(=O)C(=O)c2ccc(O)c(O)c2)c1. The largest absolute Gasteiger partial charge is 0.504 e. The van der Waals surface area contributed by atoms with Crippen LogP contribution in [-0.4, -0.2) is 39.1 Å². The Balaban J connectivity index is 1.84. The molecule has 0 heterocycles. The summed E-state index contributed by atoms with van der Waals surface area (Å²) >= 11 is 0. The maximum absolute atomic E-state index is 12.7. The Bertz CT molecular complexity index is 1120. The van der Waals surface area contributed by atoms with Crippen molar-refractivity contribution in [1.29, 1.82) is 0 Å². The van der Waals surface area contributed by atoms with Gasteiger partial charge in [0.1, 0.15) is 5.75 Å². The Morgan fingerprint density at radius 1 is 0.667 bits per heavy atom. The highest BCUT2D eigenvalue weighted by Gasteiger charge is 2.21. The molecule has 0 bridgehead atoms. The first kappa shape index (κ1) is 20.7. The van der Waals surface area contributed by atoms with E-state index >= 15 is 0 Å². The number of carbonyl (C=O) groups is 2. The van der Waals surface area contributed by atoms with E-state index in [2.05, 4.69) is 0 Å². The molecule has 7 nitrogen and oxygen atoms in total. The molecule has 0 saturated carbocycles. The molecule has 0 saturated heterocycles. The second-order valence-electron chi connectivity index (χ2n) is 6.75. The Kier molecular flexibility index (Phi) is 5.92. The Hall–Kier alpha value is -4.00. The number of methoxy groups -OCH3 is 1. The summed E-state index contributed by atoms with van der Waals surface area (Å²) in [5.74, 6) is -2.48. The molecular formula is C23H20O7. The molecule has 0 unspecified atom stereocenters. The van der Waals surface area contributed by atoms with Gasteiger partial charge in [-0.05, 0) is 72.5 Å². The standard InChI is InChI=1S/C23H20O7/c1-30-17-9-14(3-2-13-4-6-18(24)20(26)10-13)8-16(11-17)23(29)22(28)15-5-7-19(25)21(27)12-15/h4-12,24-27H,2-3H2,1H3. The van der Waals surface area contributed by atoms with Gasteiger partial charge in [-0.2, -0.15) is 0 Å². The molecule has 30 heavy (non-hydrogen) atoms. The number of ether oxygens (including phenoxy) is 1. The summed E-state index contributed by atoms with van der Waals surface area (Å²) in [6.07, 6.45) is 1.02. The molecule has 3 aromatic rings. The minimum atomic E-state index is -0.826. The van der Waals surface area contributed by atoms with Gasteiger partial charge in [0.2, 0.25) is 11.6 Å². The van der Waals surface area contributed by atoms with Crippen molar-refractivity contribution in [2.24, 2.45) is 0 Å². The molecule has 0 aliphatic heterocycles. The Morgan fingerprint density at radius 2 is 1.27 bits per heavy atom. The van der Waals surface area contributed by atoms with Gasteiger partial charge < -0.3 is 25.2 Å². The van der Waals surface area contributed by atoms with Crippen LogP contribution in [0.2, 0.25) is 0 Å². The van der Waals surface area contributed by atoms with Crippen molar-refractivity contribution < 1.29 is 34.8 Å². The molecule has 0 aromatic heterocycles. The van der Waals surface area contributed by atoms with Crippen molar-refractivity contribution in [3.05, 3.63) is 76.9 Å². The lowest BCUT2D eigenvalue weighted by atomic mass is 9.97. The van der Waals surface area contributed by atoms with Gasteiger partial charge in [0.15, 0.2) is 23.0 Å². The lowest BCUT2D eigenvalue weighted by Gasteiger charge is -2.09. The number of benzene rings is 3. The smallest absolute Gasteiger partial charge is 0.233 e. The topological polar surface area (TPSA) is 124 Å². The lowest BCUT2D eigenvalue weighted by Crippen LogP contribution is -2.15. The number of phenolic OH excluding ortho intramolecular Hbond substituents is 4. The van der Waals surface area contributed by atoms with Gasteiger partial charge in [-0.15, -0.1) is 0 Å². The van der Waals surface area contributed by atoms with E-state index in [1.165, 1.54) is 31.4 Å². The van der Waals surface area contributed by atoms with Crippen molar-refractivity contribution in [2.45, 2.75) is 12.8 Å². The minimum absolute atomic E-state index is 0.0424. The third-order valence-electron chi connectivity index (χ3n) is 4.65. The van der Waals surface area contributed by atoms with Crippen LogP contribution in [0.5, 0.6) is 28.7 Å². The number of phenols is 4. The van der Waals surface area contributed by atoms with Crippen molar-refractivity contribution >= 4 is 11.6 Å². The first-order valence-corrected chi connectivity index (χ1v) is 9.08. The van der Waals surface area contributed by atoms with Crippen LogP contribution in [-0.2, 0) is 12.8 Å². The summed E-state index contributed by atoms with van der Waals surface area (Å²) in [6.45, 7) is 0. The zero-order valence-electron chi connectivity index (χ0n) is 16.1. The third-order valence-corrected chi connectivity index (χ3v) is 4.65. The first-order chi connectivity index (χ1) is 14.3. The molecule has 0 radical (unpaired) electrons. The van der Waals surface area contributed by atoms with Gasteiger partial charge in [0.05, 0.1) is 7.11 Å². The molecule has 0 atom stereocenters. The van der Waals surface area contributed by atoms with Crippen LogP contribution < -0.4 is 4.74 Å². The molecule has 0 amide bonds. The lowest BCUT2D eigenvalue weighted by molar-refractivity contribution is 0.0816. The van der Waals surface area contributed by atoms with E-state index < -0.39 is 17.3 Å². The number of hydrogen-bond donors (Lipinski definition) is 4. The fourth-order valence-corrected chi connectivity index (χ4v) is 2.99. The van der Waals surface area contributed by atoms with E-state index in [1.54, 1.807) is 18.2 Å². The van der Waals surface area contributed by atoms with Gasteiger partial charge in [-0.3, -0.25) is 9.59 Å². The number of aromatic hydroxyl groups is 4. The fraction of sp³-hybridized carbons (Fsp3) is 0.130. The van der Waals surface area contributed by atoms with Crippen molar-refractivity contribution in [3.63, 3.8) is 0 Å². The Labute approximate surface area is 172 Å². The van der Waals surface area contributed by atoms with Crippen LogP contribution in [0.1, 0.15) is 31.8 Å². The van der Waals surface area contributed by atoms with E-state index in [0.717, 1.165) is 23.3 Å². The zero-order valence-corrected chi connectivity index (χ0v) is 16.1. The average molecular weight is 408 g/mol. The van der Waals surface area contributed by atoms with Gasteiger partial charge >= 0.3 is 0 Å². The van der Waals surface area contributed by atoms with Crippen LogP contribution in [0.25, 0.3) is 0 Å². The summed E-state index contributed by atoms with van der Waals surface area (Å²) in [5, 5.41) is 38.0. The minimum Gasteiger partial charge on any atom is -0.504 e. The second kappa shape index (κ2) is 8.57. The van der Waals surface area contributed by atoms with E-state index in [1.807, 2.05) is 0 Å². The molecule has 4 N–H and O–H groups in total. The molecule has 0 spiro atoms. The molecule has 3 aromatic carbocycles. The highest BCUT2D eigenvalue weighted by Crippen LogP contribution is 2.27. The van der Waals surface area contributed by atoms with Gasteiger partial charge in [-0.1, -0.05) is 6.07 Å². The summed E-state index contributed by atoms with van der Waals surface area (Å²) < 4.78 is 5.24. The normalized spacial score (nSPS) is 10.6. The summed E-state index contributed by atoms with van der Waals surface area (Å²) in [6, 6.07) is 12.8. The molecule has 7 heteroatoms. The van der Waals surface area contributed by atoms with E-state index in [-0.39, 0.29) is 28.4 Å². The van der Waals surface area contributed by atoms with Crippen LogP contribution in [0.3, 0.4) is 0 Å². The van der Waals surface area contributed by atoms with Crippen LogP contribution in [0.15, 0.2) is 54.6 Å². The Morgan fingerprint density at radius 3 is 1.90 bits per heavy atom. The highest BCUT2D eigenvalue weighted by atomic mass is 16.5. The predicted molar refractivity (Wildman–Crippen MR) is 109 cm³/mol. The maximum Gasteiger partial charge on any atom is 0.233 e. The molecular weight excluding hydrogens is 388 g/mol. The van der Waals surface area contributed by atoms with Crippen LogP contribution >= 0.6 is 0 Å². The van der Waals surface area contributed by atoms with E-state index in [4.69, 9.17) is 4.74 Å². The van der Waals surface area contributed by atoms with Crippen molar-refractivity contribution in [2.75, 3.05) is 7.11 Å². The highest BCUT2D eigenvalue weighted by molar-refractivity contribution is 6.49. The van der Waals surface area contributed by atoms with Crippen LogP contribution in [0.4, 0.5) is 0 Å². The molecule has 0 fully saturated rings. The third kappa shape index (κ3) is 4.52. The number of ketones is 2. The number of hydrogen-bond acceptors (Lipinski definition) is 7. The first-order valence-electron chi connectivity index (χ1n) is 9.08. The van der Waals surface area contributed by atoms with E-state index in [9.17, 15) is 30.0 Å². The summed E-state index contributed by atoms with van der Waals surface area (Å²) in [4.78, 5) is 25.2. The quantitative estimate of drug-likeness (QED) is 0.268. The van der Waals surface area contributed by atoms with Gasteiger partial charge in [0.25, 0.3) is 0 Å². The second-order valence-corrected chi connectivity index (χ2v) is 6.75. The van der Waals surface area contributed by atoms with Gasteiger partial charge in [0, 0.05) is 11.1 Å². The number of Topliss-reactive ketones (excluding diaryl/α,β-unsaturated/α-hetero) is 2. The summed E-state index contributed by atoms with van der Waals surface area (Å²) in [5.41, 5.74) is 1.62. The van der Waals surface area contributed by atoms with Gasteiger partial charge in [-0.25, -0.2) is 0 Å². The number of rotatable bonds is 7. The number of aryl methyl sites for hydroxylation is 2. The van der Waals surface area contributed by atoms with Crippen molar-refractivity contribution in [1.82, 2.24) is 0 Å². The zero-order chi connectivity index (χ0) is 21.8. The monoisotopic (exact) mass is 408 g/mol. The molecule has 154 valence electrons. The van der Waals surface area contributed by atoms with Crippen LogP contribution in [0, 0.1) is 0 Å². The van der Waals surface area contributed by atoms with Crippen molar-refractivity contribution in [3.8, 4) is 28.7 Å². The summed E-state index contributed by atoms with van der Waals surface area (Å²) in [7, 11) is 1.45. The molecule has 0 aliphatic rings. The maximum atomic E-state index is 12.7. The molecule has 0 aliphatic carbocycles. The fourth-order valence-electron chi connectivity index (χ4n) is 2.99. The van der Waals surface area contributed by atoms with E-state index in [0.29, 0.717) is 18.6 Å². The average Bonchev–Trinajstić information content (AvgIpc) is 2.75. The predicted octanol–water partition coefficient (Wildman–Crippen LogP) is 3.37.